The smallest absolute Gasteiger partial charge is 0.349 e. The van der Waals surface area contributed by atoms with Crippen molar-refractivity contribution >= 4 is 11.6 Å². The van der Waals surface area contributed by atoms with Crippen molar-refractivity contribution in [2.75, 3.05) is 19.6 Å². The molecule has 3 heterocycles. The molecule has 0 saturated carbocycles. The van der Waals surface area contributed by atoms with Crippen LogP contribution < -0.4 is 5.32 Å². The Morgan fingerprint density at radius 1 is 1.13 bits per heavy atom. The van der Waals surface area contributed by atoms with Gasteiger partial charge in [-0.15, -0.1) is 0 Å². The second kappa shape index (κ2) is 8.70. The summed E-state index contributed by atoms with van der Waals surface area (Å²) in [6, 6.07) is 12.3. The fraction of sp³-hybridized carbons (Fsp3) is 0.391. The number of fused-ring (bicyclic) bond motifs is 1. The maximum Gasteiger partial charge on any atom is 0.417 e. The lowest BCUT2D eigenvalue weighted by molar-refractivity contribution is -0.137. The van der Waals surface area contributed by atoms with E-state index in [0.717, 1.165) is 43.8 Å². The first-order valence-corrected chi connectivity index (χ1v) is 10.5. The van der Waals surface area contributed by atoms with Gasteiger partial charge >= 0.3 is 6.18 Å². The zero-order chi connectivity index (χ0) is 22.0. The molecule has 1 fully saturated rings. The Hall–Kier alpha value is -2.87. The summed E-state index contributed by atoms with van der Waals surface area (Å²) in [6.45, 7) is 4.12. The Kier molecular flexibility index (Phi) is 6.00. The number of nitrogens with zero attached hydrogens (tertiary/aromatic N) is 3. The first-order valence-electron chi connectivity index (χ1n) is 10.5. The number of amides is 1. The van der Waals surface area contributed by atoms with Gasteiger partial charge in [-0.1, -0.05) is 37.3 Å². The number of benzene rings is 1. The van der Waals surface area contributed by atoms with Gasteiger partial charge in [0, 0.05) is 12.7 Å². The quantitative estimate of drug-likeness (QED) is 0.627. The molecule has 2 aromatic heterocycles. The van der Waals surface area contributed by atoms with Gasteiger partial charge < -0.3 is 5.32 Å². The van der Waals surface area contributed by atoms with Gasteiger partial charge in [0.05, 0.1) is 17.3 Å². The van der Waals surface area contributed by atoms with Crippen LogP contribution in [0.25, 0.3) is 5.65 Å². The number of likely N-dealkylation sites (tertiary alicyclic amines) is 1. The highest BCUT2D eigenvalue weighted by Crippen LogP contribution is 2.30. The molecule has 5 nitrogen and oxygen atoms in total. The molecule has 164 valence electrons. The van der Waals surface area contributed by atoms with Gasteiger partial charge in [-0.3, -0.25) is 14.1 Å². The van der Waals surface area contributed by atoms with Crippen molar-refractivity contribution in [1.82, 2.24) is 19.6 Å². The van der Waals surface area contributed by atoms with Crippen molar-refractivity contribution in [3.8, 4) is 0 Å². The van der Waals surface area contributed by atoms with Crippen molar-refractivity contribution in [3.05, 3.63) is 71.2 Å². The van der Waals surface area contributed by atoms with Gasteiger partial charge in [-0.25, -0.2) is 4.98 Å². The van der Waals surface area contributed by atoms with E-state index in [2.05, 4.69) is 15.2 Å². The van der Waals surface area contributed by atoms with Crippen LogP contribution in [0.1, 0.15) is 53.1 Å². The first-order chi connectivity index (χ1) is 14.9. The number of halogens is 3. The molecule has 1 atom stereocenters. The Labute approximate surface area is 178 Å². The highest BCUT2D eigenvalue weighted by molar-refractivity contribution is 5.94. The van der Waals surface area contributed by atoms with Crippen LogP contribution >= 0.6 is 0 Å². The van der Waals surface area contributed by atoms with Gasteiger partial charge in [-0.2, -0.15) is 13.2 Å². The van der Waals surface area contributed by atoms with Crippen LogP contribution in [0, 0.1) is 0 Å². The van der Waals surface area contributed by atoms with Gasteiger partial charge in [0.2, 0.25) is 0 Å². The van der Waals surface area contributed by atoms with Crippen molar-refractivity contribution < 1.29 is 18.0 Å². The zero-order valence-electron chi connectivity index (χ0n) is 17.3. The molecule has 1 N–H and O–H groups in total. The van der Waals surface area contributed by atoms with E-state index in [1.807, 2.05) is 37.3 Å². The van der Waals surface area contributed by atoms with E-state index in [-0.39, 0.29) is 11.7 Å². The third-order valence-corrected chi connectivity index (χ3v) is 5.79. The fourth-order valence-electron chi connectivity index (χ4n) is 4.21. The Morgan fingerprint density at radius 3 is 2.48 bits per heavy atom. The third-order valence-electron chi connectivity index (χ3n) is 5.79. The zero-order valence-corrected chi connectivity index (χ0v) is 17.3. The highest BCUT2D eigenvalue weighted by Gasteiger charge is 2.32. The van der Waals surface area contributed by atoms with E-state index in [4.69, 9.17) is 0 Å². The molecule has 1 unspecified atom stereocenters. The van der Waals surface area contributed by atoms with Crippen LogP contribution in [-0.2, 0) is 12.6 Å². The van der Waals surface area contributed by atoms with Crippen LogP contribution in [0.4, 0.5) is 13.2 Å². The van der Waals surface area contributed by atoms with Gasteiger partial charge in [0.15, 0.2) is 0 Å². The molecule has 0 spiro atoms. The van der Waals surface area contributed by atoms with E-state index in [9.17, 15) is 18.0 Å². The third kappa shape index (κ3) is 4.44. The molecule has 1 aliphatic heterocycles. The summed E-state index contributed by atoms with van der Waals surface area (Å²) in [5, 5.41) is 2.96. The summed E-state index contributed by atoms with van der Waals surface area (Å²) >= 11 is 0. The molecule has 0 bridgehead atoms. The Morgan fingerprint density at radius 2 is 1.84 bits per heavy atom. The molecule has 1 saturated heterocycles. The standard InChI is InChI=1S/C23H25F3N4O/c1-2-18-21(30-15-17(23(24,25)26)10-11-20(30)28-18)22(31)27-14-19(29-12-6-7-13-29)16-8-4-3-5-9-16/h3-5,8-11,15,19H,2,6-7,12-14H2,1H3,(H,27,31). The number of nitrogens with one attached hydrogen (secondary N) is 1. The van der Waals surface area contributed by atoms with Crippen molar-refractivity contribution in [3.63, 3.8) is 0 Å². The van der Waals surface area contributed by atoms with Crippen LogP contribution in [0.5, 0.6) is 0 Å². The normalized spacial score (nSPS) is 16.0. The number of alkyl halides is 3. The topological polar surface area (TPSA) is 49.6 Å². The van der Waals surface area contributed by atoms with E-state index in [1.54, 1.807) is 0 Å². The first kappa shape index (κ1) is 21.4. The SMILES string of the molecule is CCc1nc2ccc(C(F)(F)F)cn2c1C(=O)NCC(c1ccccc1)N1CCCC1. The number of hydrogen-bond donors (Lipinski definition) is 1. The molecule has 1 amide bonds. The summed E-state index contributed by atoms with van der Waals surface area (Å²) in [5.74, 6) is -0.413. The summed E-state index contributed by atoms with van der Waals surface area (Å²) in [6.07, 6.45) is -0.867. The second-order valence-corrected chi connectivity index (χ2v) is 7.78. The fourth-order valence-corrected chi connectivity index (χ4v) is 4.21. The van der Waals surface area contributed by atoms with Gasteiger partial charge in [0.25, 0.3) is 5.91 Å². The second-order valence-electron chi connectivity index (χ2n) is 7.78. The summed E-state index contributed by atoms with van der Waals surface area (Å²) in [7, 11) is 0. The minimum Gasteiger partial charge on any atom is -0.349 e. The molecule has 0 radical (unpaired) electrons. The molecule has 1 aliphatic rings. The molecule has 1 aromatic carbocycles. The maximum atomic E-state index is 13.2. The molecule has 4 rings (SSSR count). The van der Waals surface area contributed by atoms with Gasteiger partial charge in [0.1, 0.15) is 11.3 Å². The van der Waals surface area contributed by atoms with Crippen LogP contribution in [0.15, 0.2) is 48.7 Å². The van der Waals surface area contributed by atoms with E-state index in [1.165, 1.54) is 10.5 Å². The summed E-state index contributed by atoms with van der Waals surface area (Å²) in [4.78, 5) is 19.8. The Bertz CT molecular complexity index is 1060. The lowest BCUT2D eigenvalue weighted by Crippen LogP contribution is -2.37. The maximum absolute atomic E-state index is 13.2. The molecule has 8 heteroatoms. The minimum atomic E-state index is -4.49. The lowest BCUT2D eigenvalue weighted by atomic mass is 10.1. The number of aromatic nitrogens is 2. The number of aryl methyl sites for hydroxylation is 1. The average Bonchev–Trinajstić information content (AvgIpc) is 3.41. The van der Waals surface area contributed by atoms with Crippen LogP contribution in [0.2, 0.25) is 0 Å². The molecule has 3 aromatic rings. The minimum absolute atomic E-state index is 0.0163. The van der Waals surface area contributed by atoms with Crippen molar-refractivity contribution in [2.45, 2.75) is 38.4 Å². The molecule has 31 heavy (non-hydrogen) atoms. The number of carbonyl (C=O) groups is 1. The van der Waals surface area contributed by atoms with Gasteiger partial charge in [-0.05, 0) is 50.0 Å². The largest absolute Gasteiger partial charge is 0.417 e. The average molecular weight is 430 g/mol. The molecular weight excluding hydrogens is 405 g/mol. The number of hydrogen-bond acceptors (Lipinski definition) is 3. The number of rotatable bonds is 6. The van der Waals surface area contributed by atoms with E-state index < -0.39 is 17.6 Å². The lowest BCUT2D eigenvalue weighted by Gasteiger charge is -2.28. The van der Waals surface area contributed by atoms with Crippen molar-refractivity contribution in [1.29, 1.82) is 0 Å². The van der Waals surface area contributed by atoms with Crippen molar-refractivity contribution in [2.24, 2.45) is 0 Å². The molecular formula is C23H25F3N4O. The van der Waals surface area contributed by atoms with Crippen LogP contribution in [-0.4, -0.2) is 39.8 Å². The molecule has 0 aliphatic carbocycles. The predicted molar refractivity (Wildman–Crippen MR) is 112 cm³/mol. The van der Waals surface area contributed by atoms with E-state index >= 15 is 0 Å². The number of pyridine rings is 1. The number of imidazole rings is 1. The summed E-state index contributed by atoms with van der Waals surface area (Å²) in [5.41, 5.74) is 1.27. The number of carbonyl (C=O) groups excluding carboxylic acids is 1. The monoisotopic (exact) mass is 430 g/mol. The predicted octanol–water partition coefficient (Wildman–Crippen LogP) is 4.48. The summed E-state index contributed by atoms with van der Waals surface area (Å²) < 4.78 is 40.9. The van der Waals surface area contributed by atoms with Crippen LogP contribution in [0.3, 0.4) is 0 Å². The highest BCUT2D eigenvalue weighted by atomic mass is 19.4. The van der Waals surface area contributed by atoms with E-state index in [0.29, 0.717) is 24.3 Å². The Balaban J connectivity index is 1.62.